The van der Waals surface area contributed by atoms with Gasteiger partial charge >= 0.3 is 0 Å². The molecule has 242 valence electrons. The third kappa shape index (κ3) is 4.66. The number of fused-ring (bicyclic) bond motifs is 6. The Morgan fingerprint density at radius 1 is 0.400 bits per heavy atom. The normalized spacial score (nSPS) is 11.2. The summed E-state index contributed by atoms with van der Waals surface area (Å²) in [5.74, 6) is 2.89. The van der Waals surface area contributed by atoms with Gasteiger partial charge in [0.25, 0.3) is 0 Å². The Bertz CT molecular complexity index is 2430. The van der Waals surface area contributed by atoms with Gasteiger partial charge in [0.2, 0.25) is 0 Å². The maximum atomic E-state index is 10.4. The van der Waals surface area contributed by atoms with Crippen molar-refractivity contribution in [1.82, 2.24) is 9.13 Å². The molecule has 6 aromatic carbocycles. The molecule has 0 saturated carbocycles. The van der Waals surface area contributed by atoms with Crippen LogP contribution in [0.4, 0.5) is 0 Å². The second-order valence-corrected chi connectivity index (χ2v) is 11.9. The van der Waals surface area contributed by atoms with Crippen molar-refractivity contribution in [2.45, 2.75) is 0 Å². The van der Waals surface area contributed by atoms with E-state index < -0.39 is 0 Å². The van der Waals surface area contributed by atoms with Crippen LogP contribution in [0.5, 0.6) is 23.0 Å². The van der Waals surface area contributed by atoms with Crippen LogP contribution in [0.25, 0.3) is 66.1 Å². The van der Waals surface area contributed by atoms with E-state index in [4.69, 9.17) is 18.9 Å². The largest absolute Gasteiger partial charge is 0.497 e. The molecular weight excluding hydrogens is 624 g/mol. The molecule has 0 atom stereocenters. The number of hydrogen-bond acceptors (Lipinski definition) is 6. The highest BCUT2D eigenvalue weighted by atomic mass is 16.5. The number of hydrogen-bond donors (Lipinski definition) is 0. The van der Waals surface area contributed by atoms with Crippen LogP contribution >= 0.6 is 0 Å². The molecule has 2 aromatic heterocycles. The number of nitrogens with zero attached hydrogens (tertiary/aromatic N) is 4. The summed E-state index contributed by atoms with van der Waals surface area (Å²) in [5, 5.41) is 25.0. The van der Waals surface area contributed by atoms with E-state index in [1.165, 1.54) is 0 Å². The fourth-order valence-electron chi connectivity index (χ4n) is 7.00. The van der Waals surface area contributed by atoms with Crippen LogP contribution < -0.4 is 18.9 Å². The summed E-state index contributed by atoms with van der Waals surface area (Å²) in [6, 6.07) is 40.2. The van der Waals surface area contributed by atoms with Gasteiger partial charge in [0, 0.05) is 68.3 Å². The third-order valence-electron chi connectivity index (χ3n) is 9.42. The Morgan fingerprint density at radius 3 is 0.960 bits per heavy atom. The third-order valence-corrected chi connectivity index (χ3v) is 9.42. The predicted octanol–water partition coefficient (Wildman–Crippen LogP) is 9.33. The fourth-order valence-corrected chi connectivity index (χ4v) is 7.00. The summed E-state index contributed by atoms with van der Waals surface area (Å²) in [5.41, 5.74) is 7.56. The molecule has 8 heteroatoms. The average molecular weight is 655 g/mol. The molecule has 0 unspecified atom stereocenters. The van der Waals surface area contributed by atoms with E-state index in [1.807, 2.05) is 84.9 Å². The molecule has 0 amide bonds. The van der Waals surface area contributed by atoms with Crippen molar-refractivity contribution >= 4 is 43.6 Å². The summed E-state index contributed by atoms with van der Waals surface area (Å²) in [7, 11) is 6.60. The zero-order valence-electron chi connectivity index (χ0n) is 27.8. The molecule has 8 rings (SSSR count). The van der Waals surface area contributed by atoms with Gasteiger partial charge in [-0.25, -0.2) is 0 Å². The summed E-state index contributed by atoms with van der Waals surface area (Å²) in [4.78, 5) is 0. The Balaban J connectivity index is 1.41. The minimum Gasteiger partial charge on any atom is -0.497 e. The minimum absolute atomic E-state index is 0.448. The van der Waals surface area contributed by atoms with E-state index in [9.17, 15) is 10.5 Å². The summed E-state index contributed by atoms with van der Waals surface area (Å²) < 4.78 is 26.8. The quantitative estimate of drug-likeness (QED) is 0.170. The van der Waals surface area contributed by atoms with Crippen LogP contribution in [0.3, 0.4) is 0 Å². The van der Waals surface area contributed by atoms with Crippen molar-refractivity contribution in [1.29, 1.82) is 10.5 Å². The van der Waals surface area contributed by atoms with Crippen LogP contribution in [0, 0.1) is 22.7 Å². The van der Waals surface area contributed by atoms with E-state index in [0.717, 1.165) is 78.0 Å². The van der Waals surface area contributed by atoms with Crippen LogP contribution in [-0.2, 0) is 0 Å². The number of aromatic nitrogens is 2. The highest BCUT2D eigenvalue weighted by molar-refractivity contribution is 6.11. The standard InChI is InChI=1S/C42H30N4O4/c1-47-29-9-13-33-34-14-10-30(48-2)20-40(34)45(39(33)19-29)27-7-5-25(23-43)37(17-27)38-18-28(8-6-26(38)24-44)46-41-21-31(49-3)11-15-35(41)36-16-12-32(50-4)22-42(36)46/h5-22H,1-4H3. The second kappa shape index (κ2) is 12.0. The van der Waals surface area contributed by atoms with Crippen LogP contribution in [0.15, 0.2) is 109 Å². The summed E-state index contributed by atoms with van der Waals surface area (Å²) in [6.45, 7) is 0. The lowest BCUT2D eigenvalue weighted by Crippen LogP contribution is -1.99. The number of benzene rings is 6. The average Bonchev–Trinajstić information content (AvgIpc) is 3.67. The SMILES string of the molecule is COc1ccc2c3ccc(OC)cc3n(-c3ccc(C#N)c(-c4cc(-n5c6cc(OC)ccc6c6ccc(OC)cc65)ccc4C#N)c3)c2c1. The highest BCUT2D eigenvalue weighted by Gasteiger charge is 2.20. The summed E-state index contributed by atoms with van der Waals surface area (Å²) >= 11 is 0. The lowest BCUT2D eigenvalue weighted by Gasteiger charge is -2.15. The molecule has 0 N–H and O–H groups in total. The smallest absolute Gasteiger partial charge is 0.120 e. The van der Waals surface area contributed by atoms with E-state index in [2.05, 4.69) is 45.5 Å². The van der Waals surface area contributed by atoms with Gasteiger partial charge in [0.05, 0.1) is 73.8 Å². The highest BCUT2D eigenvalue weighted by Crippen LogP contribution is 2.40. The molecule has 0 spiro atoms. The lowest BCUT2D eigenvalue weighted by molar-refractivity contribution is 0.415. The first-order chi connectivity index (χ1) is 24.5. The number of rotatable bonds is 7. The molecule has 0 bridgehead atoms. The van der Waals surface area contributed by atoms with Crippen molar-refractivity contribution in [3.05, 3.63) is 120 Å². The molecule has 0 saturated heterocycles. The predicted molar refractivity (Wildman–Crippen MR) is 196 cm³/mol. The second-order valence-electron chi connectivity index (χ2n) is 11.9. The van der Waals surface area contributed by atoms with E-state index >= 15 is 0 Å². The van der Waals surface area contributed by atoms with Crippen LogP contribution in [-0.4, -0.2) is 37.6 Å². The van der Waals surface area contributed by atoms with E-state index in [-0.39, 0.29) is 0 Å². The van der Waals surface area contributed by atoms with Gasteiger partial charge in [-0.3, -0.25) is 0 Å². The van der Waals surface area contributed by atoms with Gasteiger partial charge in [-0.05, 0) is 84.9 Å². The molecule has 0 fully saturated rings. The Kier molecular flexibility index (Phi) is 7.28. The molecular formula is C42H30N4O4. The molecule has 0 aliphatic carbocycles. The monoisotopic (exact) mass is 654 g/mol. The Hall–Kier alpha value is -6.90. The van der Waals surface area contributed by atoms with Crippen molar-refractivity contribution in [3.63, 3.8) is 0 Å². The first-order valence-electron chi connectivity index (χ1n) is 15.9. The maximum Gasteiger partial charge on any atom is 0.120 e. The van der Waals surface area contributed by atoms with Crippen molar-refractivity contribution < 1.29 is 18.9 Å². The van der Waals surface area contributed by atoms with E-state index in [1.54, 1.807) is 28.4 Å². The molecule has 8 nitrogen and oxygen atoms in total. The summed E-state index contributed by atoms with van der Waals surface area (Å²) in [6.07, 6.45) is 0. The lowest BCUT2D eigenvalue weighted by atomic mass is 9.95. The van der Waals surface area contributed by atoms with Crippen molar-refractivity contribution in [3.8, 4) is 57.6 Å². The number of ether oxygens (including phenoxy) is 4. The molecule has 0 radical (unpaired) electrons. The molecule has 0 aliphatic rings. The van der Waals surface area contributed by atoms with E-state index in [0.29, 0.717) is 22.3 Å². The molecule has 8 aromatic rings. The van der Waals surface area contributed by atoms with Crippen molar-refractivity contribution in [2.75, 3.05) is 28.4 Å². The fraction of sp³-hybridized carbons (Fsp3) is 0.0952. The van der Waals surface area contributed by atoms with Gasteiger partial charge in [0.15, 0.2) is 0 Å². The minimum atomic E-state index is 0.448. The Morgan fingerprint density at radius 2 is 0.700 bits per heavy atom. The number of nitriles is 2. The van der Waals surface area contributed by atoms with Crippen molar-refractivity contribution in [2.24, 2.45) is 0 Å². The van der Waals surface area contributed by atoms with Gasteiger partial charge in [0.1, 0.15) is 23.0 Å². The molecule has 50 heavy (non-hydrogen) atoms. The van der Waals surface area contributed by atoms with Gasteiger partial charge in [-0.2, -0.15) is 10.5 Å². The molecule has 2 heterocycles. The van der Waals surface area contributed by atoms with Gasteiger partial charge in [-0.15, -0.1) is 0 Å². The topological polar surface area (TPSA) is 94.4 Å². The maximum absolute atomic E-state index is 10.4. The van der Waals surface area contributed by atoms with Crippen LogP contribution in [0.1, 0.15) is 11.1 Å². The van der Waals surface area contributed by atoms with Crippen LogP contribution in [0.2, 0.25) is 0 Å². The zero-order valence-corrected chi connectivity index (χ0v) is 27.8. The Labute approximate surface area is 288 Å². The zero-order chi connectivity index (χ0) is 34.5. The van der Waals surface area contributed by atoms with Gasteiger partial charge in [-0.1, -0.05) is 0 Å². The first kappa shape index (κ1) is 30.4. The van der Waals surface area contributed by atoms with Gasteiger partial charge < -0.3 is 28.1 Å². The number of methoxy groups -OCH3 is 4. The molecule has 0 aliphatic heterocycles. The first-order valence-corrected chi connectivity index (χ1v) is 15.9.